The topological polar surface area (TPSA) is 93.5 Å². The summed E-state index contributed by atoms with van der Waals surface area (Å²) in [5, 5.41) is 17.5. The minimum absolute atomic E-state index is 0.295. The van der Waals surface area contributed by atoms with Gasteiger partial charge in [-0.05, 0) is 13.8 Å². The molecule has 0 aliphatic heterocycles. The summed E-state index contributed by atoms with van der Waals surface area (Å²) >= 11 is 1.26. The van der Waals surface area contributed by atoms with Crippen LogP contribution >= 0.6 is 11.3 Å². The predicted molar refractivity (Wildman–Crippen MR) is 78.0 cm³/mol. The number of aromatic nitrogens is 2. The maximum atomic E-state index is 12.0. The van der Waals surface area contributed by atoms with Crippen molar-refractivity contribution in [3.8, 4) is 5.75 Å². The summed E-state index contributed by atoms with van der Waals surface area (Å²) in [5.74, 6) is -0.685. The molecule has 0 unspecified atom stereocenters. The van der Waals surface area contributed by atoms with Crippen LogP contribution in [-0.4, -0.2) is 33.9 Å². The molecule has 7 nitrogen and oxygen atoms in total. The van der Waals surface area contributed by atoms with E-state index in [9.17, 15) is 9.59 Å². The Labute approximate surface area is 125 Å². The van der Waals surface area contributed by atoms with Crippen molar-refractivity contribution < 1.29 is 19.4 Å². The Balaban J connectivity index is 2.12. The van der Waals surface area contributed by atoms with Crippen molar-refractivity contribution in [3.05, 3.63) is 28.7 Å². The fourth-order valence-electron chi connectivity index (χ4n) is 1.53. The number of aliphatic carboxylic acids is 1. The number of ether oxygens (including phenoxy) is 1. The number of anilines is 1. The van der Waals surface area contributed by atoms with Crippen LogP contribution in [0.15, 0.2) is 23.8 Å². The second kappa shape index (κ2) is 5.57. The van der Waals surface area contributed by atoms with Crippen molar-refractivity contribution in [2.45, 2.75) is 19.4 Å². The molecule has 21 heavy (non-hydrogen) atoms. The predicted octanol–water partition coefficient (Wildman–Crippen LogP) is 2.03. The van der Waals surface area contributed by atoms with E-state index in [2.05, 4.69) is 10.4 Å². The summed E-state index contributed by atoms with van der Waals surface area (Å²) in [6.45, 7) is 3.05. The van der Waals surface area contributed by atoms with Crippen molar-refractivity contribution in [1.29, 1.82) is 0 Å². The number of thiophene rings is 1. The molecule has 0 fully saturated rings. The van der Waals surface area contributed by atoms with Crippen molar-refractivity contribution in [2.75, 3.05) is 12.4 Å². The van der Waals surface area contributed by atoms with E-state index in [1.54, 1.807) is 11.4 Å². The first kappa shape index (κ1) is 15.0. The third-order valence-corrected chi connectivity index (χ3v) is 3.88. The average molecular weight is 309 g/mol. The summed E-state index contributed by atoms with van der Waals surface area (Å²) in [6, 6.07) is 1.63. The highest BCUT2D eigenvalue weighted by molar-refractivity contribution is 7.12. The summed E-state index contributed by atoms with van der Waals surface area (Å²) in [6.07, 6.45) is 2.89. The molecule has 0 aliphatic rings. The van der Waals surface area contributed by atoms with E-state index in [1.165, 1.54) is 49.4 Å². The molecule has 0 bridgehead atoms. The Morgan fingerprint density at radius 3 is 2.76 bits per heavy atom. The molecule has 2 rings (SSSR count). The third kappa shape index (κ3) is 3.05. The Bertz CT molecular complexity index is 675. The van der Waals surface area contributed by atoms with Crippen LogP contribution in [0.5, 0.6) is 5.75 Å². The van der Waals surface area contributed by atoms with Gasteiger partial charge in [0.2, 0.25) is 0 Å². The van der Waals surface area contributed by atoms with Gasteiger partial charge in [0, 0.05) is 17.6 Å². The molecule has 1 amide bonds. The number of hydrogen-bond acceptors (Lipinski definition) is 5. The Hall–Kier alpha value is -2.35. The van der Waals surface area contributed by atoms with Gasteiger partial charge in [0.15, 0.2) is 5.54 Å². The lowest BCUT2D eigenvalue weighted by Gasteiger charge is -2.19. The van der Waals surface area contributed by atoms with Gasteiger partial charge >= 0.3 is 5.97 Å². The first-order chi connectivity index (χ1) is 9.84. The van der Waals surface area contributed by atoms with Crippen LogP contribution in [0.25, 0.3) is 0 Å². The Kier molecular flexibility index (Phi) is 3.99. The van der Waals surface area contributed by atoms with Crippen molar-refractivity contribution in [2.24, 2.45) is 0 Å². The van der Waals surface area contributed by atoms with E-state index in [0.717, 1.165) is 0 Å². The number of methoxy groups -OCH3 is 1. The molecule has 0 saturated carbocycles. The van der Waals surface area contributed by atoms with E-state index in [4.69, 9.17) is 9.84 Å². The first-order valence-corrected chi connectivity index (χ1v) is 6.95. The lowest BCUT2D eigenvalue weighted by molar-refractivity contribution is -0.146. The molecule has 0 atom stereocenters. The number of nitrogens with zero attached hydrogens (tertiary/aromatic N) is 2. The molecular formula is C13H15N3O4S. The molecule has 2 heterocycles. The molecule has 0 saturated heterocycles. The highest BCUT2D eigenvalue weighted by Crippen LogP contribution is 2.23. The fraction of sp³-hybridized carbons (Fsp3) is 0.308. The van der Waals surface area contributed by atoms with Gasteiger partial charge in [-0.2, -0.15) is 5.10 Å². The number of nitrogens with one attached hydrogen (secondary N) is 1. The summed E-state index contributed by atoms with van der Waals surface area (Å²) in [7, 11) is 1.53. The number of carboxylic acids is 1. The van der Waals surface area contributed by atoms with Gasteiger partial charge in [-0.3, -0.25) is 9.48 Å². The molecule has 0 spiro atoms. The van der Waals surface area contributed by atoms with Crippen molar-refractivity contribution >= 4 is 28.9 Å². The second-order valence-electron chi connectivity index (χ2n) is 4.84. The first-order valence-electron chi connectivity index (χ1n) is 6.07. The van der Waals surface area contributed by atoms with Crippen molar-refractivity contribution in [3.63, 3.8) is 0 Å². The zero-order valence-electron chi connectivity index (χ0n) is 11.8. The lowest BCUT2D eigenvalue weighted by Crippen LogP contribution is -2.35. The van der Waals surface area contributed by atoms with E-state index < -0.39 is 11.5 Å². The number of hydrogen-bond donors (Lipinski definition) is 2. The zero-order chi connectivity index (χ0) is 15.6. The Morgan fingerprint density at radius 2 is 2.19 bits per heavy atom. The molecule has 2 aromatic rings. The van der Waals surface area contributed by atoms with E-state index >= 15 is 0 Å². The van der Waals surface area contributed by atoms with Crippen molar-refractivity contribution in [1.82, 2.24) is 9.78 Å². The van der Waals surface area contributed by atoms with Gasteiger partial charge in [-0.25, -0.2) is 4.79 Å². The van der Waals surface area contributed by atoms with Gasteiger partial charge in [-0.1, -0.05) is 0 Å². The maximum Gasteiger partial charge on any atom is 0.331 e. The van der Waals surface area contributed by atoms with Crippen LogP contribution in [0, 0.1) is 0 Å². The second-order valence-corrected chi connectivity index (χ2v) is 5.75. The summed E-state index contributed by atoms with van der Waals surface area (Å²) in [5.41, 5.74) is -0.753. The molecule has 0 aliphatic carbocycles. The van der Waals surface area contributed by atoms with Gasteiger partial charge in [0.1, 0.15) is 5.75 Å². The smallest absolute Gasteiger partial charge is 0.331 e. The van der Waals surface area contributed by atoms with Crippen LogP contribution in [0.2, 0.25) is 0 Å². The largest absolute Gasteiger partial charge is 0.496 e. The van der Waals surface area contributed by atoms with E-state index in [0.29, 0.717) is 16.3 Å². The number of carbonyl (C=O) groups excluding carboxylic acids is 1. The van der Waals surface area contributed by atoms with Gasteiger partial charge < -0.3 is 15.2 Å². The zero-order valence-corrected chi connectivity index (χ0v) is 12.6. The summed E-state index contributed by atoms with van der Waals surface area (Å²) < 4.78 is 6.31. The molecule has 0 radical (unpaired) electrons. The monoisotopic (exact) mass is 309 g/mol. The number of rotatable bonds is 5. The SMILES string of the molecule is COc1csc(C(=O)Nc2cnn(C(C)(C)C(=O)O)c2)c1. The normalized spacial score (nSPS) is 11.2. The Morgan fingerprint density at radius 1 is 1.48 bits per heavy atom. The molecule has 2 N–H and O–H groups in total. The van der Waals surface area contributed by atoms with Gasteiger partial charge in [0.25, 0.3) is 5.91 Å². The van der Waals surface area contributed by atoms with Crippen LogP contribution in [0.1, 0.15) is 23.5 Å². The summed E-state index contributed by atoms with van der Waals surface area (Å²) in [4.78, 5) is 23.7. The number of amides is 1. The van der Waals surface area contributed by atoms with Gasteiger partial charge in [0.05, 0.1) is 23.9 Å². The quantitative estimate of drug-likeness (QED) is 0.881. The molecule has 8 heteroatoms. The third-order valence-electron chi connectivity index (χ3n) is 2.97. The van der Waals surface area contributed by atoms with E-state index in [1.807, 2.05) is 0 Å². The average Bonchev–Trinajstić information content (AvgIpc) is 3.07. The molecule has 112 valence electrons. The lowest BCUT2D eigenvalue weighted by atomic mass is 10.1. The molecule has 2 aromatic heterocycles. The molecule has 0 aromatic carbocycles. The molecular weight excluding hydrogens is 294 g/mol. The van der Waals surface area contributed by atoms with Crippen LogP contribution in [0.4, 0.5) is 5.69 Å². The van der Waals surface area contributed by atoms with E-state index in [-0.39, 0.29) is 5.91 Å². The standard InChI is InChI=1S/C13H15N3O4S/c1-13(2,12(18)19)16-6-8(5-14-16)15-11(17)10-4-9(20-3)7-21-10/h4-7H,1-3H3,(H,15,17)(H,18,19). The number of carbonyl (C=O) groups is 2. The highest BCUT2D eigenvalue weighted by atomic mass is 32.1. The highest BCUT2D eigenvalue weighted by Gasteiger charge is 2.30. The van der Waals surface area contributed by atoms with Crippen LogP contribution < -0.4 is 10.1 Å². The fourth-order valence-corrected chi connectivity index (χ4v) is 2.28. The van der Waals surface area contributed by atoms with Crippen LogP contribution in [0.3, 0.4) is 0 Å². The van der Waals surface area contributed by atoms with Gasteiger partial charge in [-0.15, -0.1) is 11.3 Å². The maximum absolute atomic E-state index is 12.0. The number of carboxylic acid groups (broad SMARTS) is 1. The van der Waals surface area contributed by atoms with Crippen LogP contribution in [-0.2, 0) is 10.3 Å². The minimum atomic E-state index is -1.19. The minimum Gasteiger partial charge on any atom is -0.496 e.